The van der Waals surface area contributed by atoms with Crippen LogP contribution in [-0.4, -0.2) is 24.3 Å². The van der Waals surface area contributed by atoms with E-state index in [0.29, 0.717) is 0 Å². The second kappa shape index (κ2) is 5.38. The van der Waals surface area contributed by atoms with E-state index < -0.39 is 0 Å². The van der Waals surface area contributed by atoms with Crippen molar-refractivity contribution in [1.82, 2.24) is 0 Å². The van der Waals surface area contributed by atoms with Crippen LogP contribution < -0.4 is 10.6 Å². The lowest BCUT2D eigenvalue weighted by molar-refractivity contribution is 0.266. The second-order valence-corrected chi connectivity index (χ2v) is 5.53. The molecule has 1 aliphatic rings. The van der Waals surface area contributed by atoms with Gasteiger partial charge in [0, 0.05) is 17.1 Å². The molecule has 1 saturated heterocycles. The van der Waals surface area contributed by atoms with Gasteiger partial charge in [0.2, 0.25) is 0 Å². The highest BCUT2D eigenvalue weighted by atomic mass is 79.9. The molecule has 0 spiro atoms. The van der Waals surface area contributed by atoms with E-state index in [-0.39, 0.29) is 18.7 Å². The average molecular weight is 299 g/mol. The number of halogens is 1. The van der Waals surface area contributed by atoms with Crippen LogP contribution in [0.1, 0.15) is 31.4 Å². The number of benzene rings is 1. The van der Waals surface area contributed by atoms with Crippen LogP contribution in [0.4, 0.5) is 5.69 Å². The lowest BCUT2D eigenvalue weighted by Gasteiger charge is -2.27. The predicted octanol–water partition coefficient (Wildman–Crippen LogP) is 2.43. The van der Waals surface area contributed by atoms with Gasteiger partial charge in [0.05, 0.1) is 18.3 Å². The number of aliphatic hydroxyl groups is 1. The second-order valence-electron chi connectivity index (χ2n) is 4.67. The molecule has 1 aliphatic heterocycles. The molecule has 0 aromatic heterocycles. The van der Waals surface area contributed by atoms with Crippen LogP contribution in [0, 0.1) is 0 Å². The lowest BCUT2D eigenvalue weighted by atomic mass is 10.1. The number of anilines is 1. The van der Waals surface area contributed by atoms with Gasteiger partial charge in [-0.25, -0.2) is 0 Å². The molecule has 2 rings (SSSR count). The van der Waals surface area contributed by atoms with E-state index in [1.807, 2.05) is 6.92 Å². The molecule has 1 aromatic rings. The Hall–Kier alpha value is -0.580. The van der Waals surface area contributed by atoms with Crippen LogP contribution in [0.25, 0.3) is 0 Å². The van der Waals surface area contributed by atoms with Crippen molar-refractivity contribution in [2.75, 3.05) is 18.1 Å². The maximum Gasteiger partial charge on any atom is 0.0635 e. The molecule has 94 valence electrons. The largest absolute Gasteiger partial charge is 0.394 e. The summed E-state index contributed by atoms with van der Waals surface area (Å²) in [6.07, 6.45) is 2.21. The van der Waals surface area contributed by atoms with Gasteiger partial charge in [0.25, 0.3) is 0 Å². The number of nitrogens with zero attached hydrogens (tertiary/aromatic N) is 1. The van der Waals surface area contributed by atoms with Gasteiger partial charge in [-0.3, -0.25) is 0 Å². The third kappa shape index (κ3) is 2.64. The van der Waals surface area contributed by atoms with Gasteiger partial charge in [0.1, 0.15) is 0 Å². The summed E-state index contributed by atoms with van der Waals surface area (Å²) in [5.41, 5.74) is 8.15. The molecule has 1 unspecified atom stereocenters. The molecule has 0 radical (unpaired) electrons. The van der Waals surface area contributed by atoms with Crippen molar-refractivity contribution in [1.29, 1.82) is 0 Å². The maximum atomic E-state index is 9.35. The first kappa shape index (κ1) is 12.9. The number of rotatable bonds is 3. The van der Waals surface area contributed by atoms with E-state index in [9.17, 15) is 5.11 Å². The SMILES string of the molecule is C[C@@H](N)c1ccc(N2CCCC2CO)c(Br)c1. The number of aliphatic hydroxyl groups excluding tert-OH is 1. The summed E-state index contributed by atoms with van der Waals surface area (Å²) in [6.45, 7) is 3.22. The molecule has 3 N–H and O–H groups in total. The Bertz CT molecular complexity index is 395. The smallest absolute Gasteiger partial charge is 0.0635 e. The van der Waals surface area contributed by atoms with E-state index in [1.54, 1.807) is 0 Å². The summed E-state index contributed by atoms with van der Waals surface area (Å²) in [6, 6.07) is 6.54. The van der Waals surface area contributed by atoms with Crippen LogP contribution >= 0.6 is 15.9 Å². The van der Waals surface area contributed by atoms with Gasteiger partial charge in [-0.05, 0) is 53.4 Å². The summed E-state index contributed by atoms with van der Waals surface area (Å²) < 4.78 is 1.06. The first-order valence-corrected chi connectivity index (χ1v) is 6.85. The van der Waals surface area contributed by atoms with Crippen molar-refractivity contribution in [3.63, 3.8) is 0 Å². The third-order valence-electron chi connectivity index (χ3n) is 3.39. The lowest BCUT2D eigenvalue weighted by Crippen LogP contribution is -2.32. The van der Waals surface area contributed by atoms with Crippen molar-refractivity contribution in [2.24, 2.45) is 5.73 Å². The van der Waals surface area contributed by atoms with Crippen molar-refractivity contribution in [2.45, 2.75) is 31.8 Å². The van der Waals surface area contributed by atoms with Crippen molar-refractivity contribution >= 4 is 21.6 Å². The predicted molar refractivity (Wildman–Crippen MR) is 74.2 cm³/mol. The molecule has 17 heavy (non-hydrogen) atoms. The number of nitrogens with two attached hydrogens (primary N) is 1. The fourth-order valence-electron chi connectivity index (χ4n) is 2.38. The zero-order valence-corrected chi connectivity index (χ0v) is 11.7. The monoisotopic (exact) mass is 298 g/mol. The Kier molecular flexibility index (Phi) is 4.07. The summed E-state index contributed by atoms with van der Waals surface area (Å²) >= 11 is 3.60. The molecular weight excluding hydrogens is 280 g/mol. The number of hydrogen-bond donors (Lipinski definition) is 2. The maximum absolute atomic E-state index is 9.35. The van der Waals surface area contributed by atoms with Crippen molar-refractivity contribution in [3.8, 4) is 0 Å². The molecule has 0 amide bonds. The molecule has 0 bridgehead atoms. The highest BCUT2D eigenvalue weighted by Gasteiger charge is 2.25. The highest BCUT2D eigenvalue weighted by Crippen LogP contribution is 2.33. The highest BCUT2D eigenvalue weighted by molar-refractivity contribution is 9.10. The van der Waals surface area contributed by atoms with Crippen molar-refractivity contribution in [3.05, 3.63) is 28.2 Å². The average Bonchev–Trinajstić information content (AvgIpc) is 2.76. The Labute approximate surface area is 111 Å². The fraction of sp³-hybridized carbons (Fsp3) is 0.538. The zero-order chi connectivity index (χ0) is 12.4. The number of hydrogen-bond acceptors (Lipinski definition) is 3. The molecule has 1 aromatic carbocycles. The van der Waals surface area contributed by atoms with Gasteiger partial charge in [-0.15, -0.1) is 0 Å². The third-order valence-corrected chi connectivity index (χ3v) is 4.03. The Morgan fingerprint density at radius 3 is 2.94 bits per heavy atom. The summed E-state index contributed by atoms with van der Waals surface area (Å²) in [7, 11) is 0. The molecular formula is C13H19BrN2O. The van der Waals surface area contributed by atoms with E-state index in [4.69, 9.17) is 5.73 Å². The Morgan fingerprint density at radius 1 is 1.59 bits per heavy atom. The van der Waals surface area contributed by atoms with Crippen LogP contribution in [0.2, 0.25) is 0 Å². The Balaban J connectivity index is 2.27. The van der Waals surface area contributed by atoms with Crippen LogP contribution in [-0.2, 0) is 0 Å². The van der Waals surface area contributed by atoms with Gasteiger partial charge >= 0.3 is 0 Å². The fourth-order valence-corrected chi connectivity index (χ4v) is 3.01. The zero-order valence-electron chi connectivity index (χ0n) is 10.1. The minimum absolute atomic E-state index is 0.0487. The Morgan fingerprint density at radius 2 is 2.35 bits per heavy atom. The molecule has 4 heteroatoms. The molecule has 2 atom stereocenters. The van der Waals surface area contributed by atoms with Gasteiger partial charge in [-0.2, -0.15) is 0 Å². The summed E-state index contributed by atoms with van der Waals surface area (Å²) in [5.74, 6) is 0. The van der Waals surface area contributed by atoms with Gasteiger partial charge < -0.3 is 15.7 Å². The first-order valence-electron chi connectivity index (χ1n) is 6.06. The van der Waals surface area contributed by atoms with E-state index >= 15 is 0 Å². The summed E-state index contributed by atoms with van der Waals surface area (Å²) in [5, 5.41) is 9.35. The topological polar surface area (TPSA) is 49.5 Å². The van der Waals surface area contributed by atoms with Crippen LogP contribution in [0.15, 0.2) is 22.7 Å². The standard InChI is InChI=1S/C13H19BrN2O/c1-9(15)10-4-5-13(12(14)7-10)16-6-2-3-11(16)8-17/h4-5,7,9,11,17H,2-3,6,8,15H2,1H3/t9-,11?/m1/s1. The van der Waals surface area contributed by atoms with E-state index in [0.717, 1.165) is 35.1 Å². The van der Waals surface area contributed by atoms with Gasteiger partial charge in [0.15, 0.2) is 0 Å². The summed E-state index contributed by atoms with van der Waals surface area (Å²) in [4.78, 5) is 2.27. The molecule has 0 aliphatic carbocycles. The molecule has 1 heterocycles. The van der Waals surface area contributed by atoms with Crippen LogP contribution in [0.3, 0.4) is 0 Å². The quantitative estimate of drug-likeness (QED) is 0.901. The van der Waals surface area contributed by atoms with E-state index in [1.165, 1.54) is 0 Å². The minimum Gasteiger partial charge on any atom is -0.394 e. The molecule has 1 fully saturated rings. The minimum atomic E-state index is 0.0487. The molecule has 3 nitrogen and oxygen atoms in total. The molecule has 0 saturated carbocycles. The first-order chi connectivity index (χ1) is 8.13. The normalized spacial score (nSPS) is 21.9. The van der Waals surface area contributed by atoms with Gasteiger partial charge in [-0.1, -0.05) is 6.07 Å². The van der Waals surface area contributed by atoms with E-state index in [2.05, 4.69) is 39.0 Å². The van der Waals surface area contributed by atoms with Crippen LogP contribution in [0.5, 0.6) is 0 Å². The van der Waals surface area contributed by atoms with Crippen molar-refractivity contribution < 1.29 is 5.11 Å².